The van der Waals surface area contributed by atoms with Gasteiger partial charge in [-0.05, 0) is 42.6 Å². The molecular formula is C18H19N3. The molecule has 0 spiro atoms. The van der Waals surface area contributed by atoms with Gasteiger partial charge < -0.3 is 5.32 Å². The number of para-hydroxylation sites is 1. The van der Waals surface area contributed by atoms with Crippen molar-refractivity contribution in [2.75, 3.05) is 6.54 Å². The Morgan fingerprint density at radius 2 is 2.00 bits per heavy atom. The molecule has 0 radical (unpaired) electrons. The summed E-state index contributed by atoms with van der Waals surface area (Å²) < 4.78 is 0. The molecule has 0 aliphatic heterocycles. The highest BCUT2D eigenvalue weighted by Crippen LogP contribution is 2.16. The number of pyridine rings is 2. The van der Waals surface area contributed by atoms with Crippen molar-refractivity contribution in [3.63, 3.8) is 0 Å². The van der Waals surface area contributed by atoms with Gasteiger partial charge in [0.25, 0.3) is 0 Å². The van der Waals surface area contributed by atoms with Crippen LogP contribution in [0.25, 0.3) is 10.9 Å². The first-order valence-corrected chi connectivity index (χ1v) is 7.27. The van der Waals surface area contributed by atoms with Gasteiger partial charge in [-0.2, -0.15) is 0 Å². The molecule has 0 bridgehead atoms. The first-order chi connectivity index (χ1) is 10.3. The molecule has 21 heavy (non-hydrogen) atoms. The molecule has 3 heteroatoms. The van der Waals surface area contributed by atoms with Crippen LogP contribution in [-0.4, -0.2) is 16.5 Å². The fraction of sp³-hybridized carbons (Fsp3) is 0.222. The highest BCUT2D eigenvalue weighted by molar-refractivity contribution is 5.81. The van der Waals surface area contributed by atoms with Crippen LogP contribution in [-0.2, 0) is 13.0 Å². The van der Waals surface area contributed by atoms with Crippen molar-refractivity contribution in [1.82, 2.24) is 15.3 Å². The smallest absolute Gasteiger partial charge is 0.0734 e. The summed E-state index contributed by atoms with van der Waals surface area (Å²) in [5, 5.41) is 4.68. The number of hydrogen-bond donors (Lipinski definition) is 1. The summed E-state index contributed by atoms with van der Waals surface area (Å²) in [7, 11) is 0. The van der Waals surface area contributed by atoms with Crippen LogP contribution < -0.4 is 5.32 Å². The van der Waals surface area contributed by atoms with Crippen LogP contribution in [0.4, 0.5) is 0 Å². The van der Waals surface area contributed by atoms with E-state index in [1.165, 1.54) is 22.1 Å². The first-order valence-electron chi connectivity index (χ1n) is 7.27. The normalized spacial score (nSPS) is 10.9. The Balaban J connectivity index is 1.60. The molecule has 3 aromatic rings. The molecule has 2 heterocycles. The van der Waals surface area contributed by atoms with E-state index in [9.17, 15) is 0 Å². The summed E-state index contributed by atoms with van der Waals surface area (Å²) in [6, 6.07) is 12.6. The fourth-order valence-corrected chi connectivity index (χ4v) is 2.54. The Kier molecular flexibility index (Phi) is 4.22. The fourth-order valence-electron chi connectivity index (χ4n) is 2.54. The number of aryl methyl sites for hydroxylation is 1. The standard InChI is InChI=1S/C18H19N3/c1-14-10-15(13-20-11-14)12-19-9-7-17-5-2-4-16-6-3-8-21-18(16)17/h2-6,8,10-11,13,19H,7,9,12H2,1H3. The maximum absolute atomic E-state index is 4.49. The third-order valence-electron chi connectivity index (χ3n) is 3.55. The Hall–Kier alpha value is -2.26. The lowest BCUT2D eigenvalue weighted by Gasteiger charge is -2.07. The molecule has 0 aliphatic carbocycles. The van der Waals surface area contributed by atoms with Gasteiger partial charge in [0.05, 0.1) is 5.52 Å². The largest absolute Gasteiger partial charge is 0.312 e. The van der Waals surface area contributed by atoms with Crippen molar-refractivity contribution in [3.05, 3.63) is 71.7 Å². The Morgan fingerprint density at radius 3 is 2.90 bits per heavy atom. The predicted octanol–water partition coefficient (Wildman–Crippen LogP) is 3.27. The number of rotatable bonds is 5. The van der Waals surface area contributed by atoms with E-state index in [2.05, 4.69) is 52.5 Å². The van der Waals surface area contributed by atoms with Gasteiger partial charge in [-0.25, -0.2) is 0 Å². The lowest BCUT2D eigenvalue weighted by Crippen LogP contribution is -2.17. The van der Waals surface area contributed by atoms with Crippen LogP contribution in [0.15, 0.2) is 55.0 Å². The van der Waals surface area contributed by atoms with Gasteiger partial charge in [0.2, 0.25) is 0 Å². The monoisotopic (exact) mass is 277 g/mol. The molecule has 3 rings (SSSR count). The van der Waals surface area contributed by atoms with Gasteiger partial charge in [0.15, 0.2) is 0 Å². The average Bonchev–Trinajstić information content (AvgIpc) is 2.52. The van der Waals surface area contributed by atoms with E-state index >= 15 is 0 Å². The minimum atomic E-state index is 0.854. The maximum Gasteiger partial charge on any atom is 0.0734 e. The van der Waals surface area contributed by atoms with Crippen LogP contribution in [0.1, 0.15) is 16.7 Å². The molecule has 1 N–H and O–H groups in total. The second kappa shape index (κ2) is 6.46. The summed E-state index contributed by atoms with van der Waals surface area (Å²) in [5.41, 5.74) is 4.83. The molecule has 106 valence electrons. The van der Waals surface area contributed by atoms with Gasteiger partial charge in [0.1, 0.15) is 0 Å². The molecule has 0 atom stereocenters. The van der Waals surface area contributed by atoms with Crippen LogP contribution in [0.3, 0.4) is 0 Å². The Labute approximate surface area is 125 Å². The molecule has 0 saturated heterocycles. The van der Waals surface area contributed by atoms with Crippen LogP contribution in [0, 0.1) is 6.92 Å². The molecule has 2 aromatic heterocycles. The molecular weight excluding hydrogens is 258 g/mol. The molecule has 1 aromatic carbocycles. The van der Waals surface area contributed by atoms with Gasteiger partial charge in [-0.1, -0.05) is 30.3 Å². The molecule has 0 fully saturated rings. The third kappa shape index (κ3) is 3.44. The quantitative estimate of drug-likeness (QED) is 0.727. The summed E-state index contributed by atoms with van der Waals surface area (Å²) >= 11 is 0. The number of aromatic nitrogens is 2. The van der Waals surface area contributed by atoms with Crippen molar-refractivity contribution in [1.29, 1.82) is 0 Å². The van der Waals surface area contributed by atoms with Crippen molar-refractivity contribution in [3.8, 4) is 0 Å². The van der Waals surface area contributed by atoms with E-state index in [-0.39, 0.29) is 0 Å². The van der Waals surface area contributed by atoms with E-state index in [1.807, 2.05) is 24.7 Å². The zero-order valence-electron chi connectivity index (χ0n) is 12.2. The van der Waals surface area contributed by atoms with E-state index in [0.717, 1.165) is 25.0 Å². The number of fused-ring (bicyclic) bond motifs is 1. The van der Waals surface area contributed by atoms with Crippen molar-refractivity contribution >= 4 is 10.9 Å². The SMILES string of the molecule is Cc1cncc(CNCCc2cccc3cccnc23)c1. The van der Waals surface area contributed by atoms with Gasteiger partial charge in [-0.15, -0.1) is 0 Å². The highest BCUT2D eigenvalue weighted by atomic mass is 14.8. The molecule has 0 amide bonds. The van der Waals surface area contributed by atoms with Crippen LogP contribution >= 0.6 is 0 Å². The molecule has 0 aliphatic rings. The van der Waals surface area contributed by atoms with Gasteiger partial charge in [-0.3, -0.25) is 9.97 Å². The maximum atomic E-state index is 4.49. The van der Waals surface area contributed by atoms with Gasteiger partial charge in [0, 0.05) is 30.5 Å². The number of benzene rings is 1. The minimum absolute atomic E-state index is 0.854. The zero-order valence-corrected chi connectivity index (χ0v) is 12.2. The van der Waals surface area contributed by atoms with Crippen LogP contribution in [0.2, 0.25) is 0 Å². The zero-order chi connectivity index (χ0) is 14.5. The van der Waals surface area contributed by atoms with Crippen molar-refractivity contribution in [2.24, 2.45) is 0 Å². The van der Waals surface area contributed by atoms with Crippen molar-refractivity contribution < 1.29 is 0 Å². The Morgan fingerprint density at radius 1 is 1.10 bits per heavy atom. The lowest BCUT2D eigenvalue weighted by molar-refractivity contribution is 0.686. The highest BCUT2D eigenvalue weighted by Gasteiger charge is 2.01. The molecule has 0 saturated carbocycles. The van der Waals surface area contributed by atoms with E-state index < -0.39 is 0 Å². The van der Waals surface area contributed by atoms with Gasteiger partial charge >= 0.3 is 0 Å². The summed E-state index contributed by atoms with van der Waals surface area (Å²) in [4.78, 5) is 8.70. The van der Waals surface area contributed by atoms with E-state index in [1.54, 1.807) is 0 Å². The Bertz CT molecular complexity index is 732. The second-order valence-electron chi connectivity index (χ2n) is 5.29. The van der Waals surface area contributed by atoms with Crippen LogP contribution in [0.5, 0.6) is 0 Å². The summed E-state index contributed by atoms with van der Waals surface area (Å²) in [6.45, 7) is 3.86. The van der Waals surface area contributed by atoms with E-state index in [0.29, 0.717) is 0 Å². The number of nitrogens with one attached hydrogen (secondary N) is 1. The summed E-state index contributed by atoms with van der Waals surface area (Å²) in [6.07, 6.45) is 6.63. The summed E-state index contributed by atoms with van der Waals surface area (Å²) in [5.74, 6) is 0. The number of hydrogen-bond acceptors (Lipinski definition) is 3. The second-order valence-corrected chi connectivity index (χ2v) is 5.29. The number of nitrogens with zero attached hydrogens (tertiary/aromatic N) is 2. The molecule has 0 unspecified atom stereocenters. The topological polar surface area (TPSA) is 37.8 Å². The third-order valence-corrected chi connectivity index (χ3v) is 3.55. The minimum Gasteiger partial charge on any atom is -0.312 e. The molecule has 3 nitrogen and oxygen atoms in total. The lowest BCUT2D eigenvalue weighted by atomic mass is 10.1. The predicted molar refractivity (Wildman–Crippen MR) is 86.1 cm³/mol. The van der Waals surface area contributed by atoms with Crippen molar-refractivity contribution in [2.45, 2.75) is 19.9 Å². The first kappa shape index (κ1) is 13.7. The van der Waals surface area contributed by atoms with E-state index in [4.69, 9.17) is 0 Å². The average molecular weight is 277 g/mol.